The van der Waals surface area contributed by atoms with Gasteiger partial charge < -0.3 is 10.4 Å². The van der Waals surface area contributed by atoms with Crippen molar-refractivity contribution in [3.8, 4) is 0 Å². The molecule has 5 heteroatoms. The highest BCUT2D eigenvalue weighted by molar-refractivity contribution is 9.10. The van der Waals surface area contributed by atoms with Gasteiger partial charge in [-0.15, -0.1) is 0 Å². The second-order valence-electron chi connectivity index (χ2n) is 7.65. The fourth-order valence-electron chi connectivity index (χ4n) is 4.34. The molecule has 0 heterocycles. The molecule has 2 N–H and O–H groups in total. The molecule has 0 aliphatic heterocycles. The molecule has 4 atom stereocenters. The molecule has 4 nitrogen and oxygen atoms in total. The zero-order valence-corrected chi connectivity index (χ0v) is 18.3. The average molecular weight is 476 g/mol. The highest BCUT2D eigenvalue weighted by atomic mass is 79.9. The van der Waals surface area contributed by atoms with Gasteiger partial charge in [-0.25, -0.2) is 0 Å². The van der Waals surface area contributed by atoms with Crippen LogP contribution in [0.25, 0.3) is 0 Å². The van der Waals surface area contributed by atoms with Crippen molar-refractivity contribution in [1.29, 1.82) is 0 Å². The Kier molecular flexibility index (Phi) is 6.33. The first kappa shape index (κ1) is 21.1. The highest BCUT2D eigenvalue weighted by Gasteiger charge is 2.46. The Morgan fingerprint density at radius 3 is 1.81 bits per heavy atom. The van der Waals surface area contributed by atoms with E-state index < -0.39 is 23.7 Å². The molecule has 0 fully saturated rings. The average Bonchev–Trinajstić information content (AvgIpc) is 2.79. The van der Waals surface area contributed by atoms with Crippen molar-refractivity contribution in [2.24, 2.45) is 11.8 Å². The molecule has 1 aliphatic carbocycles. The van der Waals surface area contributed by atoms with E-state index in [0.29, 0.717) is 5.69 Å². The number of carbonyl (C=O) groups is 2. The lowest BCUT2D eigenvalue weighted by atomic mass is 9.66. The Balaban J connectivity index is 1.77. The Morgan fingerprint density at radius 2 is 1.29 bits per heavy atom. The third-order valence-electron chi connectivity index (χ3n) is 5.74. The molecule has 0 unspecified atom stereocenters. The molecule has 0 spiro atoms. The molecule has 0 saturated heterocycles. The van der Waals surface area contributed by atoms with Crippen LogP contribution >= 0.6 is 15.9 Å². The SMILES string of the molecule is O=C(O)[C@H]1[C@H](C(=O)Nc2cccc(Br)c2)[C@H](c2ccccc2)C=C[C@H]1c1ccccc1. The normalized spacial score (nSPS) is 22.6. The van der Waals surface area contributed by atoms with Gasteiger partial charge in [0, 0.05) is 22.0 Å². The third-order valence-corrected chi connectivity index (χ3v) is 6.23. The van der Waals surface area contributed by atoms with Gasteiger partial charge in [-0.3, -0.25) is 9.59 Å². The minimum absolute atomic E-state index is 0.301. The molecule has 3 aromatic rings. The van der Waals surface area contributed by atoms with Crippen LogP contribution in [0.15, 0.2) is 102 Å². The van der Waals surface area contributed by atoms with Gasteiger partial charge in [-0.1, -0.05) is 94.8 Å². The smallest absolute Gasteiger partial charge is 0.308 e. The van der Waals surface area contributed by atoms with E-state index in [1.807, 2.05) is 84.9 Å². The van der Waals surface area contributed by atoms with Crippen molar-refractivity contribution in [1.82, 2.24) is 0 Å². The molecule has 1 amide bonds. The summed E-state index contributed by atoms with van der Waals surface area (Å²) in [6.45, 7) is 0. The van der Waals surface area contributed by atoms with Crippen molar-refractivity contribution in [2.45, 2.75) is 11.8 Å². The zero-order valence-electron chi connectivity index (χ0n) is 16.7. The predicted octanol–water partition coefficient (Wildman–Crippen LogP) is 5.84. The van der Waals surface area contributed by atoms with Crippen LogP contribution in [0.3, 0.4) is 0 Å². The fourth-order valence-corrected chi connectivity index (χ4v) is 4.74. The fraction of sp³-hybridized carbons (Fsp3) is 0.154. The maximum Gasteiger partial charge on any atom is 0.308 e. The number of benzene rings is 3. The van der Waals surface area contributed by atoms with Crippen LogP contribution in [0.4, 0.5) is 5.69 Å². The minimum atomic E-state index is -0.978. The first-order valence-electron chi connectivity index (χ1n) is 10.1. The van der Waals surface area contributed by atoms with Gasteiger partial charge in [0.25, 0.3) is 0 Å². The number of rotatable bonds is 5. The van der Waals surface area contributed by atoms with E-state index in [-0.39, 0.29) is 11.8 Å². The van der Waals surface area contributed by atoms with Crippen LogP contribution in [-0.2, 0) is 9.59 Å². The standard InChI is InChI=1S/C26H22BrNO3/c27-19-12-7-13-20(16-19)28-25(29)23-21(17-8-3-1-4-9-17)14-15-22(24(23)26(30)31)18-10-5-2-6-11-18/h1-16,21-24H,(H,28,29)(H,30,31)/t21-,22-,23+,24+/m0/s1. The van der Waals surface area contributed by atoms with Gasteiger partial charge in [0.1, 0.15) is 0 Å². The van der Waals surface area contributed by atoms with Gasteiger partial charge in [0.15, 0.2) is 0 Å². The highest BCUT2D eigenvalue weighted by Crippen LogP contribution is 2.45. The van der Waals surface area contributed by atoms with Gasteiger partial charge in [-0.2, -0.15) is 0 Å². The van der Waals surface area contributed by atoms with E-state index in [1.165, 1.54) is 0 Å². The van der Waals surface area contributed by atoms with Crippen LogP contribution in [0.2, 0.25) is 0 Å². The van der Waals surface area contributed by atoms with Gasteiger partial charge in [0.05, 0.1) is 11.8 Å². The lowest BCUT2D eigenvalue weighted by Crippen LogP contribution is -2.42. The molecule has 4 rings (SSSR count). The summed E-state index contributed by atoms with van der Waals surface area (Å²) in [4.78, 5) is 26.0. The Bertz CT molecular complexity index is 1100. The van der Waals surface area contributed by atoms with Crippen LogP contribution in [0.5, 0.6) is 0 Å². The lowest BCUT2D eigenvalue weighted by molar-refractivity contribution is -0.147. The summed E-state index contributed by atoms with van der Waals surface area (Å²) in [7, 11) is 0. The van der Waals surface area contributed by atoms with Gasteiger partial charge in [-0.05, 0) is 29.3 Å². The first-order valence-corrected chi connectivity index (χ1v) is 10.9. The minimum Gasteiger partial charge on any atom is -0.481 e. The van der Waals surface area contributed by atoms with Crippen LogP contribution in [0.1, 0.15) is 23.0 Å². The molecular formula is C26H22BrNO3. The largest absolute Gasteiger partial charge is 0.481 e. The summed E-state index contributed by atoms with van der Waals surface area (Å²) in [6, 6.07) is 26.4. The van der Waals surface area contributed by atoms with Crippen LogP contribution in [-0.4, -0.2) is 17.0 Å². The Morgan fingerprint density at radius 1 is 0.742 bits per heavy atom. The maximum absolute atomic E-state index is 13.5. The Labute approximate surface area is 189 Å². The molecule has 0 radical (unpaired) electrons. The van der Waals surface area contributed by atoms with E-state index in [9.17, 15) is 14.7 Å². The summed E-state index contributed by atoms with van der Waals surface area (Å²) in [5.41, 5.74) is 2.44. The quantitative estimate of drug-likeness (QED) is 0.455. The van der Waals surface area contributed by atoms with Gasteiger partial charge in [0.2, 0.25) is 5.91 Å². The molecule has 3 aromatic carbocycles. The number of nitrogens with one attached hydrogen (secondary N) is 1. The van der Waals surface area contributed by atoms with E-state index in [0.717, 1.165) is 15.6 Å². The molecule has 31 heavy (non-hydrogen) atoms. The van der Waals surface area contributed by atoms with Crippen LogP contribution < -0.4 is 5.32 Å². The maximum atomic E-state index is 13.5. The number of hydrogen-bond donors (Lipinski definition) is 2. The summed E-state index contributed by atoms with van der Waals surface area (Å²) in [5, 5.41) is 13.2. The molecule has 0 aromatic heterocycles. The zero-order chi connectivity index (χ0) is 21.8. The monoisotopic (exact) mass is 475 g/mol. The Hall–Kier alpha value is -3.18. The van der Waals surface area contributed by atoms with E-state index >= 15 is 0 Å². The number of aliphatic carboxylic acids is 1. The summed E-state index contributed by atoms with van der Waals surface area (Å²) < 4.78 is 0.838. The molecule has 1 aliphatic rings. The van der Waals surface area contributed by atoms with Crippen LogP contribution in [0, 0.1) is 11.8 Å². The summed E-state index contributed by atoms with van der Waals surface area (Å²) in [6.07, 6.45) is 3.92. The number of carboxylic acid groups (broad SMARTS) is 1. The van der Waals surface area contributed by atoms with E-state index in [1.54, 1.807) is 12.1 Å². The predicted molar refractivity (Wildman–Crippen MR) is 125 cm³/mol. The second kappa shape index (κ2) is 9.31. The van der Waals surface area contributed by atoms with Crippen molar-refractivity contribution in [2.75, 3.05) is 5.32 Å². The molecule has 0 bridgehead atoms. The number of amides is 1. The van der Waals surface area contributed by atoms with Gasteiger partial charge >= 0.3 is 5.97 Å². The van der Waals surface area contributed by atoms with E-state index in [4.69, 9.17) is 0 Å². The second-order valence-corrected chi connectivity index (χ2v) is 8.56. The van der Waals surface area contributed by atoms with Crippen molar-refractivity contribution in [3.63, 3.8) is 0 Å². The van der Waals surface area contributed by atoms with Crippen molar-refractivity contribution in [3.05, 3.63) is 113 Å². The lowest BCUT2D eigenvalue weighted by Gasteiger charge is -2.37. The number of allylic oxidation sites excluding steroid dienone is 2. The topological polar surface area (TPSA) is 66.4 Å². The number of hydrogen-bond acceptors (Lipinski definition) is 2. The third kappa shape index (κ3) is 4.62. The molecule has 0 saturated carbocycles. The number of halogens is 1. The number of carboxylic acids is 1. The summed E-state index contributed by atoms with van der Waals surface area (Å²) >= 11 is 3.42. The van der Waals surface area contributed by atoms with E-state index in [2.05, 4.69) is 21.2 Å². The number of carbonyl (C=O) groups excluding carboxylic acids is 1. The molecule has 156 valence electrons. The number of anilines is 1. The van der Waals surface area contributed by atoms with Crippen molar-refractivity contribution < 1.29 is 14.7 Å². The van der Waals surface area contributed by atoms with Crippen molar-refractivity contribution >= 4 is 33.5 Å². The summed E-state index contributed by atoms with van der Waals surface area (Å²) in [5.74, 6) is -3.68. The molecular weight excluding hydrogens is 454 g/mol. The first-order chi connectivity index (χ1) is 15.0.